The number of aromatic nitrogens is 2. The average molecular weight is 484 g/mol. The fourth-order valence-electron chi connectivity index (χ4n) is 2.56. The molecule has 0 radical (unpaired) electrons. The Morgan fingerprint density at radius 3 is 2.09 bits per heavy atom. The number of aldehydes is 1. The van der Waals surface area contributed by atoms with Crippen molar-refractivity contribution in [2.75, 3.05) is 5.32 Å². The molecule has 9 heteroatoms. The zero-order valence-electron chi connectivity index (χ0n) is 19.5. The van der Waals surface area contributed by atoms with Crippen molar-refractivity contribution in [1.82, 2.24) is 9.78 Å². The average Bonchev–Trinajstić information content (AvgIpc) is 3.23. The molecule has 1 N–H and O–H groups in total. The van der Waals surface area contributed by atoms with Crippen LogP contribution in [0.2, 0.25) is 5.02 Å². The summed E-state index contributed by atoms with van der Waals surface area (Å²) in [4.78, 5) is 21.2. The quantitative estimate of drug-likeness (QED) is 0.396. The number of benzene rings is 2. The third-order valence-electron chi connectivity index (χ3n) is 3.58. The number of hydrogen-bond acceptors (Lipinski definition) is 3. The number of carbonyl (C=O) groups excluding carboxylic acids is 2. The molecule has 0 saturated carbocycles. The lowest BCUT2D eigenvalue weighted by molar-refractivity contribution is -0.143. The predicted molar refractivity (Wildman–Crippen MR) is 127 cm³/mol. The van der Waals surface area contributed by atoms with Gasteiger partial charge in [-0.3, -0.25) is 4.79 Å². The van der Waals surface area contributed by atoms with Crippen LogP contribution in [0.4, 0.5) is 18.9 Å². The van der Waals surface area contributed by atoms with Gasteiger partial charge in [0.25, 0.3) is 5.91 Å². The summed E-state index contributed by atoms with van der Waals surface area (Å²) in [5.41, 5.74) is -0.430. The first-order valence-electron chi connectivity index (χ1n) is 10.4. The molecular formula is C24H29ClF3N3O2. The molecule has 1 heterocycles. The van der Waals surface area contributed by atoms with Crippen LogP contribution >= 0.6 is 11.6 Å². The van der Waals surface area contributed by atoms with Gasteiger partial charge in [-0.2, -0.15) is 18.3 Å². The molecular weight excluding hydrogens is 455 g/mol. The highest BCUT2D eigenvalue weighted by molar-refractivity contribution is 6.31. The Bertz CT molecular complexity index is 984. The number of rotatable bonds is 3. The molecule has 1 amide bonds. The largest absolute Gasteiger partial charge is 0.434 e. The van der Waals surface area contributed by atoms with Gasteiger partial charge in [-0.05, 0) is 49.7 Å². The molecule has 2 aromatic carbocycles. The van der Waals surface area contributed by atoms with E-state index in [0.717, 1.165) is 18.0 Å². The van der Waals surface area contributed by atoms with Gasteiger partial charge in [-0.1, -0.05) is 57.5 Å². The number of anilines is 1. The van der Waals surface area contributed by atoms with Crippen molar-refractivity contribution in [3.05, 3.63) is 76.6 Å². The second kappa shape index (κ2) is 14.8. The minimum absolute atomic E-state index is 0.206. The fraction of sp³-hybridized carbons (Fsp3) is 0.292. The maximum atomic E-state index is 13.6. The summed E-state index contributed by atoms with van der Waals surface area (Å²) in [6.07, 6.45) is -3.11. The Hall–Kier alpha value is -3.13. The van der Waals surface area contributed by atoms with Crippen LogP contribution in [0.3, 0.4) is 0 Å². The number of nitrogens with zero attached hydrogens (tertiary/aromatic N) is 2. The van der Waals surface area contributed by atoms with Crippen molar-refractivity contribution in [1.29, 1.82) is 0 Å². The molecule has 0 aliphatic carbocycles. The lowest BCUT2D eigenvalue weighted by atomic mass is 10.2. The maximum absolute atomic E-state index is 13.6. The van der Waals surface area contributed by atoms with Gasteiger partial charge in [0, 0.05) is 10.7 Å². The zero-order valence-corrected chi connectivity index (χ0v) is 20.3. The Balaban J connectivity index is 0.00000132. The van der Waals surface area contributed by atoms with Crippen molar-refractivity contribution in [2.24, 2.45) is 0 Å². The van der Waals surface area contributed by atoms with Crippen LogP contribution in [-0.2, 0) is 11.0 Å². The van der Waals surface area contributed by atoms with Gasteiger partial charge in [0.05, 0.1) is 17.4 Å². The molecule has 1 aromatic heterocycles. The van der Waals surface area contributed by atoms with Crippen LogP contribution in [0.25, 0.3) is 5.69 Å². The van der Waals surface area contributed by atoms with E-state index in [1.54, 1.807) is 37.3 Å². The second-order valence-electron chi connectivity index (χ2n) is 5.86. The van der Waals surface area contributed by atoms with Crippen LogP contribution in [0, 0.1) is 6.92 Å². The van der Waals surface area contributed by atoms with E-state index >= 15 is 0 Å². The van der Waals surface area contributed by atoms with E-state index in [-0.39, 0.29) is 5.69 Å². The van der Waals surface area contributed by atoms with Crippen LogP contribution in [0.15, 0.2) is 54.7 Å². The molecule has 0 fully saturated rings. The molecule has 33 heavy (non-hydrogen) atoms. The first-order valence-corrected chi connectivity index (χ1v) is 10.7. The van der Waals surface area contributed by atoms with E-state index in [1.165, 1.54) is 25.1 Å². The molecule has 0 unspecified atom stereocenters. The van der Waals surface area contributed by atoms with Gasteiger partial charge >= 0.3 is 6.18 Å². The number of aryl methyl sites for hydroxylation is 1. The summed E-state index contributed by atoms with van der Waals surface area (Å²) in [5, 5.41) is 6.57. The molecule has 3 rings (SSSR count). The summed E-state index contributed by atoms with van der Waals surface area (Å²) in [6.45, 7) is 11.2. The normalized spacial score (nSPS) is 9.76. The maximum Gasteiger partial charge on any atom is 0.434 e. The third kappa shape index (κ3) is 9.10. The van der Waals surface area contributed by atoms with Gasteiger partial charge in [0.1, 0.15) is 6.29 Å². The van der Waals surface area contributed by atoms with E-state index in [4.69, 9.17) is 16.4 Å². The van der Waals surface area contributed by atoms with Crippen molar-refractivity contribution in [3.8, 4) is 5.69 Å². The van der Waals surface area contributed by atoms with E-state index in [2.05, 4.69) is 10.4 Å². The number of nitrogens with one attached hydrogen (secondary N) is 1. The highest BCUT2D eigenvalue weighted by Gasteiger charge is 2.40. The molecule has 0 spiro atoms. The minimum atomic E-state index is -4.76. The first-order chi connectivity index (χ1) is 15.7. The minimum Gasteiger partial charge on any atom is -0.322 e. The van der Waals surface area contributed by atoms with Gasteiger partial charge in [0.15, 0.2) is 5.69 Å². The molecule has 0 aliphatic rings. The zero-order chi connectivity index (χ0) is 25.6. The third-order valence-corrected chi connectivity index (χ3v) is 3.80. The Labute approximate surface area is 197 Å². The topological polar surface area (TPSA) is 64.0 Å². The molecule has 0 aliphatic heterocycles. The van der Waals surface area contributed by atoms with Gasteiger partial charge in [0.2, 0.25) is 0 Å². The number of halogens is 4. The van der Waals surface area contributed by atoms with Crippen molar-refractivity contribution < 1.29 is 22.8 Å². The summed E-state index contributed by atoms with van der Waals surface area (Å²) < 4.78 is 41.5. The lowest BCUT2D eigenvalue weighted by Crippen LogP contribution is -2.20. The van der Waals surface area contributed by atoms with E-state index < -0.39 is 23.3 Å². The molecule has 0 saturated heterocycles. The predicted octanol–water partition coefficient (Wildman–Crippen LogP) is 7.36. The Kier molecular flexibility index (Phi) is 13.4. The van der Waals surface area contributed by atoms with E-state index in [9.17, 15) is 18.0 Å². The molecule has 5 nitrogen and oxygen atoms in total. The van der Waals surface area contributed by atoms with Crippen LogP contribution < -0.4 is 5.32 Å². The Morgan fingerprint density at radius 2 is 1.61 bits per heavy atom. The van der Waals surface area contributed by atoms with Gasteiger partial charge in [-0.15, -0.1) is 0 Å². The summed E-state index contributed by atoms with van der Waals surface area (Å²) >= 11 is 5.92. The van der Waals surface area contributed by atoms with Crippen molar-refractivity contribution >= 4 is 29.5 Å². The number of alkyl halides is 3. The van der Waals surface area contributed by atoms with E-state index in [1.807, 2.05) is 27.7 Å². The number of para-hydroxylation sites is 1. The van der Waals surface area contributed by atoms with Crippen LogP contribution in [0.1, 0.15) is 56.2 Å². The molecule has 0 atom stereocenters. The molecule has 3 aromatic rings. The number of hydrogen-bond donors (Lipinski definition) is 1. The lowest BCUT2D eigenvalue weighted by Gasteiger charge is -2.13. The van der Waals surface area contributed by atoms with Gasteiger partial charge in [-0.25, -0.2) is 4.68 Å². The summed E-state index contributed by atoms with van der Waals surface area (Å²) in [5.74, 6) is -0.916. The first kappa shape index (κ1) is 29.9. The number of amides is 1. The summed E-state index contributed by atoms with van der Waals surface area (Å²) in [7, 11) is 0. The SMILES string of the molecule is CC.CC.CC=O.Cc1cc(Cl)cc(NC(=O)c2cnn(-c3ccccc3)c2C(F)(F)F)c1. The monoisotopic (exact) mass is 483 g/mol. The van der Waals surface area contributed by atoms with Crippen molar-refractivity contribution in [2.45, 2.75) is 47.7 Å². The highest BCUT2D eigenvalue weighted by atomic mass is 35.5. The fourth-order valence-corrected chi connectivity index (χ4v) is 2.85. The highest BCUT2D eigenvalue weighted by Crippen LogP contribution is 2.34. The van der Waals surface area contributed by atoms with E-state index in [0.29, 0.717) is 15.4 Å². The Morgan fingerprint density at radius 1 is 1.06 bits per heavy atom. The molecule has 0 bridgehead atoms. The smallest absolute Gasteiger partial charge is 0.322 e. The molecule has 180 valence electrons. The standard InChI is InChI=1S/C18H13ClF3N3O.C2H4O.2C2H6/c1-11-7-12(19)9-13(8-11)24-17(26)15-10-23-25(16(15)18(20,21)22)14-5-3-2-4-6-14;1-2-3;2*1-2/h2-10H,1H3,(H,24,26);2H,1H3;2*1-2H3. The van der Waals surface area contributed by atoms with Crippen molar-refractivity contribution in [3.63, 3.8) is 0 Å². The van der Waals surface area contributed by atoms with Crippen LogP contribution in [0.5, 0.6) is 0 Å². The second-order valence-corrected chi connectivity index (χ2v) is 6.30. The van der Waals surface area contributed by atoms with Gasteiger partial charge < -0.3 is 10.1 Å². The summed E-state index contributed by atoms with van der Waals surface area (Å²) in [6, 6.07) is 12.5. The van der Waals surface area contributed by atoms with Crippen LogP contribution in [-0.4, -0.2) is 22.0 Å². The number of carbonyl (C=O) groups is 2.